The van der Waals surface area contributed by atoms with Gasteiger partial charge in [-0.3, -0.25) is 10.1 Å². The highest BCUT2D eigenvalue weighted by Crippen LogP contribution is 2.24. The van der Waals surface area contributed by atoms with Gasteiger partial charge in [-0.15, -0.1) is 0 Å². The van der Waals surface area contributed by atoms with Crippen LogP contribution in [0.5, 0.6) is 0 Å². The summed E-state index contributed by atoms with van der Waals surface area (Å²) in [7, 11) is 2.00. The van der Waals surface area contributed by atoms with E-state index < -0.39 is 0 Å². The fraction of sp³-hybridized carbons (Fsp3) is 0.211. The van der Waals surface area contributed by atoms with Gasteiger partial charge in [0.15, 0.2) is 5.65 Å². The Bertz CT molecular complexity index is 989. The van der Waals surface area contributed by atoms with Gasteiger partial charge in [0.05, 0.1) is 11.7 Å². The molecule has 1 aromatic carbocycles. The Balaban J connectivity index is 1.91. The molecule has 0 amide bonds. The largest absolute Gasteiger partial charge is 0.404 e. The summed E-state index contributed by atoms with van der Waals surface area (Å²) in [5.74, 6) is 0. The molecule has 0 aliphatic carbocycles. The number of H-pyrrole nitrogens is 1. The van der Waals surface area contributed by atoms with E-state index in [0.717, 1.165) is 22.7 Å². The van der Waals surface area contributed by atoms with Crippen molar-refractivity contribution in [3.63, 3.8) is 0 Å². The van der Waals surface area contributed by atoms with E-state index in [4.69, 9.17) is 5.73 Å². The first-order valence-corrected chi connectivity index (χ1v) is 8.64. The van der Waals surface area contributed by atoms with Gasteiger partial charge in [-0.25, -0.2) is 0 Å². The second-order valence-electron chi connectivity index (χ2n) is 6.04. The molecule has 3 aromatic rings. The van der Waals surface area contributed by atoms with E-state index in [2.05, 4.69) is 15.2 Å². The number of aldehydes is 1. The number of nitrogens with one attached hydrogen (secondary N) is 1. The van der Waals surface area contributed by atoms with Gasteiger partial charge in [0.2, 0.25) is 0 Å². The fourth-order valence-electron chi connectivity index (χ4n) is 2.97. The predicted molar refractivity (Wildman–Crippen MR) is 108 cm³/mol. The van der Waals surface area contributed by atoms with Crippen molar-refractivity contribution >= 4 is 41.8 Å². The van der Waals surface area contributed by atoms with Crippen LogP contribution >= 0.6 is 0 Å². The molecule has 1 unspecified atom stereocenters. The molecule has 137 valence electrons. The molecule has 8 heteroatoms. The van der Waals surface area contributed by atoms with E-state index in [1.807, 2.05) is 44.4 Å². The van der Waals surface area contributed by atoms with Crippen LogP contribution in [0.2, 0.25) is 6.82 Å². The summed E-state index contributed by atoms with van der Waals surface area (Å²) < 4.78 is 1.61. The van der Waals surface area contributed by atoms with Crippen LogP contribution < -0.4 is 11.2 Å². The molecule has 1 radical (unpaired) electrons. The summed E-state index contributed by atoms with van der Waals surface area (Å²) in [5, 5.41) is 17.3. The molecule has 4 N–H and O–H groups in total. The number of nitrogens with two attached hydrogens (primary N) is 1. The number of rotatable bonds is 8. The quantitative estimate of drug-likeness (QED) is 0.320. The van der Waals surface area contributed by atoms with Gasteiger partial charge in [0.25, 0.3) is 0 Å². The molecule has 27 heavy (non-hydrogen) atoms. The lowest BCUT2D eigenvalue weighted by atomic mass is 9.72. The van der Waals surface area contributed by atoms with E-state index in [1.165, 1.54) is 6.20 Å². The third kappa shape index (κ3) is 3.85. The number of aromatic amines is 1. The molecular weight excluding hydrogens is 341 g/mol. The van der Waals surface area contributed by atoms with E-state index in [0.29, 0.717) is 16.9 Å². The first-order valence-electron chi connectivity index (χ1n) is 8.64. The first-order chi connectivity index (χ1) is 13.2. The average Bonchev–Trinajstić information content (AvgIpc) is 3.30. The molecule has 7 nitrogen and oxygen atoms in total. The Morgan fingerprint density at radius 2 is 2.33 bits per heavy atom. The van der Waals surface area contributed by atoms with Gasteiger partial charge in [-0.2, -0.15) is 5.10 Å². The SMILES string of the molecule is C[B]c1cccc(C(CC=O)N=CC(=CN)c2[nH]nc3c2ccn3CO)c1. The normalized spacial score (nSPS) is 13.3. The minimum Gasteiger partial charge on any atom is -0.404 e. The molecule has 3 rings (SSSR count). The Kier molecular flexibility index (Phi) is 5.88. The van der Waals surface area contributed by atoms with Crippen molar-refractivity contribution in [3.8, 4) is 0 Å². The lowest BCUT2D eigenvalue weighted by Gasteiger charge is -2.11. The van der Waals surface area contributed by atoms with Crippen LogP contribution in [-0.4, -0.2) is 39.7 Å². The van der Waals surface area contributed by atoms with Crippen molar-refractivity contribution in [2.24, 2.45) is 10.7 Å². The van der Waals surface area contributed by atoms with E-state index >= 15 is 0 Å². The summed E-state index contributed by atoms with van der Waals surface area (Å²) in [4.78, 5) is 15.7. The topological polar surface area (TPSA) is 109 Å². The standard InChI is InChI=1S/C19H21BN5O2/c1-20-15-4-2-3-13(9-15)17(6-8-26)22-11-14(10-21)18-16-5-7-25(12-27)19(16)24-23-18/h2-5,7-11,17,27H,6,12,21H2,1H3,(H,23,24). The minimum absolute atomic E-state index is 0.157. The summed E-state index contributed by atoms with van der Waals surface area (Å²) in [5.41, 5.74) is 9.85. The molecule has 0 saturated heterocycles. The lowest BCUT2D eigenvalue weighted by molar-refractivity contribution is -0.108. The Morgan fingerprint density at radius 1 is 1.48 bits per heavy atom. The molecule has 0 aliphatic rings. The van der Waals surface area contributed by atoms with Crippen LogP contribution in [0.1, 0.15) is 23.7 Å². The number of hydrogen-bond acceptors (Lipinski definition) is 5. The first kappa shape index (κ1) is 18.7. The van der Waals surface area contributed by atoms with Gasteiger partial charge in [-0.1, -0.05) is 36.6 Å². The zero-order chi connectivity index (χ0) is 19.2. The number of allylic oxidation sites excluding steroid dienone is 1. The number of hydrogen-bond donors (Lipinski definition) is 3. The minimum atomic E-state index is -0.294. The van der Waals surface area contributed by atoms with Gasteiger partial charge in [-0.05, 0) is 11.6 Å². The second kappa shape index (κ2) is 8.50. The maximum Gasteiger partial charge on any atom is 0.164 e. The number of carbonyl (C=O) groups is 1. The van der Waals surface area contributed by atoms with Crippen LogP contribution in [0.25, 0.3) is 16.6 Å². The van der Waals surface area contributed by atoms with Crippen molar-refractivity contribution in [1.29, 1.82) is 0 Å². The zero-order valence-corrected chi connectivity index (χ0v) is 15.0. The number of aliphatic hydroxyl groups is 1. The summed E-state index contributed by atoms with van der Waals surface area (Å²) >= 11 is 0. The Labute approximate surface area is 157 Å². The monoisotopic (exact) mass is 362 g/mol. The van der Waals surface area contributed by atoms with Crippen LogP contribution in [0, 0.1) is 0 Å². The maximum absolute atomic E-state index is 11.1. The summed E-state index contributed by atoms with van der Waals surface area (Å²) in [6.45, 7) is 1.81. The van der Waals surface area contributed by atoms with Crippen molar-refractivity contribution in [3.05, 3.63) is 54.0 Å². The summed E-state index contributed by atoms with van der Waals surface area (Å²) in [6, 6.07) is 9.49. The van der Waals surface area contributed by atoms with Gasteiger partial charge in [0.1, 0.15) is 20.3 Å². The second-order valence-corrected chi connectivity index (χ2v) is 6.04. The van der Waals surface area contributed by atoms with Crippen molar-refractivity contribution in [1.82, 2.24) is 14.8 Å². The van der Waals surface area contributed by atoms with E-state index in [9.17, 15) is 9.90 Å². The predicted octanol–water partition coefficient (Wildman–Crippen LogP) is 1.39. The molecule has 0 bridgehead atoms. The number of nitrogens with zero attached hydrogens (tertiary/aromatic N) is 3. The number of fused-ring (bicyclic) bond motifs is 1. The Hall–Kier alpha value is -3.13. The number of aliphatic hydroxyl groups excluding tert-OH is 1. The van der Waals surface area contributed by atoms with Crippen LogP contribution in [0.15, 0.2) is 47.7 Å². The van der Waals surface area contributed by atoms with Crippen LogP contribution in [-0.2, 0) is 11.5 Å². The molecular formula is C19H21BN5O2. The number of aliphatic imine (C=N–C) groups is 1. The Morgan fingerprint density at radius 3 is 3.04 bits per heavy atom. The highest BCUT2D eigenvalue weighted by molar-refractivity contribution is 6.51. The average molecular weight is 362 g/mol. The van der Waals surface area contributed by atoms with Crippen LogP contribution in [0.3, 0.4) is 0 Å². The molecule has 2 aromatic heterocycles. The third-order valence-electron chi connectivity index (χ3n) is 4.44. The molecule has 0 spiro atoms. The van der Waals surface area contributed by atoms with Gasteiger partial charge >= 0.3 is 0 Å². The number of benzene rings is 1. The van der Waals surface area contributed by atoms with Crippen molar-refractivity contribution in [2.75, 3.05) is 0 Å². The number of aromatic nitrogens is 3. The molecule has 0 saturated carbocycles. The fourth-order valence-corrected chi connectivity index (χ4v) is 2.97. The van der Waals surface area contributed by atoms with Crippen molar-refractivity contribution in [2.45, 2.75) is 26.0 Å². The van der Waals surface area contributed by atoms with Crippen LogP contribution in [0.4, 0.5) is 0 Å². The van der Waals surface area contributed by atoms with Crippen molar-refractivity contribution < 1.29 is 9.90 Å². The molecule has 1 atom stereocenters. The zero-order valence-electron chi connectivity index (χ0n) is 15.0. The van der Waals surface area contributed by atoms with Gasteiger partial charge < -0.3 is 20.2 Å². The van der Waals surface area contributed by atoms with E-state index in [-0.39, 0.29) is 19.2 Å². The molecule has 2 heterocycles. The summed E-state index contributed by atoms with van der Waals surface area (Å²) in [6.07, 6.45) is 6.00. The number of carbonyl (C=O) groups excluding carboxylic acids is 1. The highest BCUT2D eigenvalue weighted by atomic mass is 16.3. The smallest absolute Gasteiger partial charge is 0.164 e. The molecule has 0 fully saturated rings. The molecule has 0 aliphatic heterocycles. The lowest BCUT2D eigenvalue weighted by Crippen LogP contribution is -2.12. The maximum atomic E-state index is 11.1. The highest BCUT2D eigenvalue weighted by Gasteiger charge is 2.14. The third-order valence-corrected chi connectivity index (χ3v) is 4.44. The van der Waals surface area contributed by atoms with Gasteiger partial charge in [0, 0.05) is 36.0 Å². The van der Waals surface area contributed by atoms with E-state index in [1.54, 1.807) is 17.0 Å².